The molecule has 2 unspecified atom stereocenters. The zero-order valence-corrected chi connectivity index (χ0v) is 14.6. The Balaban J connectivity index is 2.11. The van der Waals surface area contributed by atoms with Gasteiger partial charge in [-0.25, -0.2) is 4.79 Å². The molecule has 24 heavy (non-hydrogen) atoms. The van der Waals surface area contributed by atoms with Crippen LogP contribution < -0.4 is 5.32 Å². The third-order valence-corrected chi connectivity index (χ3v) is 3.64. The van der Waals surface area contributed by atoms with Crippen LogP contribution in [0.5, 0.6) is 0 Å². The highest BCUT2D eigenvalue weighted by Gasteiger charge is 2.29. The molecule has 1 aliphatic heterocycles. The highest BCUT2D eigenvalue weighted by Crippen LogP contribution is 2.19. The summed E-state index contributed by atoms with van der Waals surface area (Å²) in [6.45, 7) is 6.01. The van der Waals surface area contributed by atoms with Gasteiger partial charge in [0.25, 0.3) is 0 Å². The lowest BCUT2D eigenvalue weighted by Crippen LogP contribution is -2.47. The molecule has 0 aromatic heterocycles. The van der Waals surface area contributed by atoms with Crippen LogP contribution in [0.3, 0.4) is 0 Å². The molecule has 2 N–H and O–H groups in total. The minimum absolute atomic E-state index is 0.488. The summed E-state index contributed by atoms with van der Waals surface area (Å²) in [5.41, 5.74) is 0.432. The molecule has 0 aliphatic carbocycles. The monoisotopic (exact) mass is 333 g/mol. The van der Waals surface area contributed by atoms with E-state index in [4.69, 9.17) is 9.47 Å². The molecule has 1 heterocycles. The Hall–Kier alpha value is -2.01. The van der Waals surface area contributed by atoms with Crippen molar-refractivity contribution in [3.63, 3.8) is 0 Å². The van der Waals surface area contributed by atoms with Crippen LogP contribution in [-0.4, -0.2) is 35.6 Å². The van der Waals surface area contributed by atoms with Crippen molar-refractivity contribution in [3.05, 3.63) is 47.7 Å². The third-order valence-electron chi connectivity index (χ3n) is 3.64. The lowest BCUT2D eigenvalue weighted by atomic mass is 9.99. The zero-order chi connectivity index (χ0) is 17.6. The van der Waals surface area contributed by atoms with E-state index in [1.807, 2.05) is 57.2 Å². The number of allylic oxidation sites excluding steroid dienone is 1. The van der Waals surface area contributed by atoms with E-state index >= 15 is 0 Å². The molecule has 0 saturated heterocycles. The van der Waals surface area contributed by atoms with Crippen LogP contribution >= 0.6 is 0 Å². The highest BCUT2D eigenvalue weighted by molar-refractivity contribution is 5.68. The van der Waals surface area contributed by atoms with Crippen LogP contribution in [0.2, 0.25) is 0 Å². The maximum absolute atomic E-state index is 12.1. The number of aliphatic hydroxyl groups excluding tert-OH is 1. The predicted octanol–water partition coefficient (Wildman–Crippen LogP) is 3.18. The summed E-state index contributed by atoms with van der Waals surface area (Å²) >= 11 is 0. The minimum atomic E-state index is -0.905. The molecular formula is C19H27NO4. The number of benzene rings is 1. The number of nitrogens with one attached hydrogen (secondary N) is 1. The van der Waals surface area contributed by atoms with Crippen LogP contribution in [-0.2, 0) is 15.9 Å². The lowest BCUT2D eigenvalue weighted by molar-refractivity contribution is 0.0356. The SMILES string of the molecule is CC(C)(C)OC(=O)NC(Cc1ccccc1)C(O)C1=CCCCO1. The molecule has 5 nitrogen and oxygen atoms in total. The summed E-state index contributed by atoms with van der Waals surface area (Å²) in [6, 6.07) is 9.21. The number of hydrogen-bond donors (Lipinski definition) is 2. The normalized spacial score (nSPS) is 17.2. The van der Waals surface area contributed by atoms with E-state index in [9.17, 15) is 9.90 Å². The molecule has 2 atom stereocenters. The Morgan fingerprint density at radius 2 is 2.04 bits per heavy atom. The number of carbonyl (C=O) groups is 1. The van der Waals surface area contributed by atoms with Crippen LogP contribution in [0, 0.1) is 0 Å². The summed E-state index contributed by atoms with van der Waals surface area (Å²) < 4.78 is 10.9. The van der Waals surface area contributed by atoms with Crippen molar-refractivity contribution >= 4 is 6.09 Å². The van der Waals surface area contributed by atoms with Gasteiger partial charge in [0.15, 0.2) is 0 Å². The van der Waals surface area contributed by atoms with Gasteiger partial charge in [-0.05, 0) is 51.7 Å². The second kappa shape index (κ2) is 8.20. The third kappa shape index (κ3) is 5.89. The summed E-state index contributed by atoms with van der Waals surface area (Å²) in [6.07, 6.45) is 2.75. The molecule has 0 saturated carbocycles. The molecule has 0 bridgehead atoms. The van der Waals surface area contributed by atoms with E-state index in [-0.39, 0.29) is 0 Å². The minimum Gasteiger partial charge on any atom is -0.495 e. The first-order chi connectivity index (χ1) is 11.3. The van der Waals surface area contributed by atoms with Crippen molar-refractivity contribution in [1.82, 2.24) is 5.32 Å². The van der Waals surface area contributed by atoms with E-state index in [1.165, 1.54) is 0 Å². The first kappa shape index (κ1) is 18.3. The number of alkyl carbamates (subject to hydrolysis) is 1. The molecule has 2 rings (SSSR count). The van der Waals surface area contributed by atoms with E-state index in [0.717, 1.165) is 18.4 Å². The molecule has 0 spiro atoms. The van der Waals surface area contributed by atoms with Gasteiger partial charge in [-0.2, -0.15) is 0 Å². The van der Waals surface area contributed by atoms with Gasteiger partial charge in [0.2, 0.25) is 0 Å². The van der Waals surface area contributed by atoms with Gasteiger partial charge < -0.3 is 19.9 Å². The smallest absolute Gasteiger partial charge is 0.407 e. The topological polar surface area (TPSA) is 67.8 Å². The first-order valence-electron chi connectivity index (χ1n) is 8.39. The molecular weight excluding hydrogens is 306 g/mol. The molecule has 1 aromatic rings. The Morgan fingerprint density at radius 3 is 2.62 bits per heavy atom. The average Bonchev–Trinajstić information content (AvgIpc) is 2.53. The standard InChI is InChI=1S/C19H27NO4/c1-19(2,3)24-18(22)20-15(13-14-9-5-4-6-10-14)17(21)16-11-7-8-12-23-16/h4-6,9-11,15,17,21H,7-8,12-13H2,1-3H3,(H,20,22). The number of rotatable bonds is 5. The van der Waals surface area contributed by atoms with Crippen molar-refractivity contribution in [2.24, 2.45) is 0 Å². The van der Waals surface area contributed by atoms with Gasteiger partial charge in [0.05, 0.1) is 12.6 Å². The molecule has 1 aliphatic rings. The van der Waals surface area contributed by atoms with Gasteiger partial charge in [0, 0.05) is 0 Å². The fraction of sp³-hybridized carbons (Fsp3) is 0.526. The largest absolute Gasteiger partial charge is 0.495 e. The molecule has 132 valence electrons. The van der Waals surface area contributed by atoms with E-state index in [1.54, 1.807) is 0 Å². The van der Waals surface area contributed by atoms with Crippen molar-refractivity contribution in [2.45, 2.75) is 57.8 Å². The predicted molar refractivity (Wildman–Crippen MR) is 92.6 cm³/mol. The number of carbonyl (C=O) groups excluding carboxylic acids is 1. The summed E-state index contributed by atoms with van der Waals surface area (Å²) in [5.74, 6) is 0.526. The molecule has 1 amide bonds. The van der Waals surface area contributed by atoms with E-state index in [2.05, 4.69) is 5.32 Å². The lowest BCUT2D eigenvalue weighted by Gasteiger charge is -2.29. The molecule has 0 radical (unpaired) electrons. The van der Waals surface area contributed by atoms with Crippen molar-refractivity contribution < 1.29 is 19.4 Å². The van der Waals surface area contributed by atoms with Gasteiger partial charge in [-0.1, -0.05) is 30.3 Å². The van der Waals surface area contributed by atoms with Gasteiger partial charge in [-0.15, -0.1) is 0 Å². The summed E-state index contributed by atoms with van der Waals surface area (Å²) in [5, 5.41) is 13.5. The van der Waals surface area contributed by atoms with Crippen LogP contribution in [0.25, 0.3) is 0 Å². The average molecular weight is 333 g/mol. The Kier molecular flexibility index (Phi) is 6.26. The van der Waals surface area contributed by atoms with Crippen LogP contribution in [0.1, 0.15) is 39.2 Å². The second-order valence-corrected chi connectivity index (χ2v) is 6.98. The van der Waals surface area contributed by atoms with Crippen LogP contribution in [0.15, 0.2) is 42.2 Å². The number of amides is 1. The maximum atomic E-state index is 12.1. The Labute approximate surface area is 143 Å². The van der Waals surface area contributed by atoms with Crippen molar-refractivity contribution in [3.8, 4) is 0 Å². The van der Waals surface area contributed by atoms with Crippen molar-refractivity contribution in [1.29, 1.82) is 0 Å². The number of aliphatic hydroxyl groups is 1. The Morgan fingerprint density at radius 1 is 1.33 bits per heavy atom. The fourth-order valence-corrected chi connectivity index (χ4v) is 2.55. The quantitative estimate of drug-likeness (QED) is 0.868. The summed E-state index contributed by atoms with van der Waals surface area (Å²) in [7, 11) is 0. The first-order valence-corrected chi connectivity index (χ1v) is 8.39. The Bertz CT molecular complexity index is 562. The molecule has 0 fully saturated rings. The highest BCUT2D eigenvalue weighted by atomic mass is 16.6. The fourth-order valence-electron chi connectivity index (χ4n) is 2.55. The van der Waals surface area contributed by atoms with E-state index in [0.29, 0.717) is 18.8 Å². The van der Waals surface area contributed by atoms with Crippen LogP contribution in [0.4, 0.5) is 4.79 Å². The molecule has 1 aromatic carbocycles. The molecule has 5 heteroatoms. The number of ether oxygens (including phenoxy) is 2. The number of hydrogen-bond acceptors (Lipinski definition) is 4. The van der Waals surface area contributed by atoms with Gasteiger partial charge in [0.1, 0.15) is 17.5 Å². The maximum Gasteiger partial charge on any atom is 0.407 e. The van der Waals surface area contributed by atoms with Gasteiger partial charge in [-0.3, -0.25) is 0 Å². The van der Waals surface area contributed by atoms with E-state index < -0.39 is 23.8 Å². The van der Waals surface area contributed by atoms with Gasteiger partial charge >= 0.3 is 6.09 Å². The van der Waals surface area contributed by atoms with Crippen molar-refractivity contribution in [2.75, 3.05) is 6.61 Å². The zero-order valence-electron chi connectivity index (χ0n) is 14.6. The second-order valence-electron chi connectivity index (χ2n) is 6.98. The summed E-state index contributed by atoms with van der Waals surface area (Å²) in [4.78, 5) is 12.1.